The molecule has 0 radical (unpaired) electrons. The molecule has 4 rings (SSSR count). The van der Waals surface area contributed by atoms with Crippen molar-refractivity contribution in [1.29, 1.82) is 0 Å². The second kappa shape index (κ2) is 9.18. The second-order valence-corrected chi connectivity index (χ2v) is 10.3. The zero-order valence-electron chi connectivity index (χ0n) is 17.7. The molecule has 0 saturated carbocycles. The number of hydrogen-bond donors (Lipinski definition) is 0. The van der Waals surface area contributed by atoms with Crippen LogP contribution in [0.5, 0.6) is 0 Å². The lowest BCUT2D eigenvalue weighted by atomic mass is 10.2. The van der Waals surface area contributed by atoms with Gasteiger partial charge in [-0.2, -0.15) is 9.40 Å². The predicted octanol–water partition coefficient (Wildman–Crippen LogP) is 2.69. The average molecular weight is 466 g/mol. The SMILES string of the molecule is CCCn1cc(C(=O)N2CCCC2)c(S(=O)(=O)N2CCN(c3ccc(Cl)cc3)CC2)n1. The van der Waals surface area contributed by atoms with E-state index < -0.39 is 10.0 Å². The van der Waals surface area contributed by atoms with Gasteiger partial charge < -0.3 is 9.80 Å². The molecule has 0 atom stereocenters. The van der Waals surface area contributed by atoms with Crippen molar-refractivity contribution in [3.63, 3.8) is 0 Å². The maximum atomic E-state index is 13.5. The van der Waals surface area contributed by atoms with Gasteiger partial charge in [-0.1, -0.05) is 18.5 Å². The van der Waals surface area contributed by atoms with Gasteiger partial charge in [-0.15, -0.1) is 0 Å². The minimum atomic E-state index is -3.87. The third-order valence-electron chi connectivity index (χ3n) is 5.82. The number of benzene rings is 1. The Hall–Kier alpha value is -2.10. The number of aryl methyl sites for hydroxylation is 1. The summed E-state index contributed by atoms with van der Waals surface area (Å²) in [6, 6.07) is 7.53. The summed E-state index contributed by atoms with van der Waals surface area (Å²) in [6.07, 6.45) is 4.30. The summed E-state index contributed by atoms with van der Waals surface area (Å²) < 4.78 is 30.0. The molecule has 0 aliphatic carbocycles. The van der Waals surface area contributed by atoms with Crippen molar-refractivity contribution in [2.75, 3.05) is 44.2 Å². The molecule has 0 unspecified atom stereocenters. The molecule has 3 heterocycles. The van der Waals surface area contributed by atoms with E-state index in [1.54, 1.807) is 15.8 Å². The highest BCUT2D eigenvalue weighted by molar-refractivity contribution is 7.89. The molecule has 0 N–H and O–H groups in total. The number of anilines is 1. The van der Waals surface area contributed by atoms with Gasteiger partial charge in [0, 0.05) is 62.7 Å². The molecule has 1 aromatic carbocycles. The smallest absolute Gasteiger partial charge is 0.263 e. The normalized spacial score (nSPS) is 18.0. The Morgan fingerprint density at radius 2 is 1.68 bits per heavy atom. The molecule has 0 bridgehead atoms. The molecule has 2 aliphatic rings. The number of rotatable bonds is 6. The Morgan fingerprint density at radius 1 is 1.03 bits per heavy atom. The van der Waals surface area contributed by atoms with Crippen molar-refractivity contribution in [2.24, 2.45) is 0 Å². The lowest BCUT2D eigenvalue weighted by Crippen LogP contribution is -2.49. The van der Waals surface area contributed by atoms with Gasteiger partial charge in [0.2, 0.25) is 5.03 Å². The van der Waals surface area contributed by atoms with Crippen LogP contribution in [0.25, 0.3) is 0 Å². The third kappa shape index (κ3) is 4.58. The van der Waals surface area contributed by atoms with Crippen LogP contribution in [0, 0.1) is 0 Å². The first kappa shape index (κ1) is 22.1. The Labute approximate surface area is 188 Å². The van der Waals surface area contributed by atoms with Gasteiger partial charge in [0.1, 0.15) is 0 Å². The highest BCUT2D eigenvalue weighted by atomic mass is 35.5. The molecule has 2 fully saturated rings. The minimum Gasteiger partial charge on any atom is -0.369 e. The Balaban J connectivity index is 1.55. The van der Waals surface area contributed by atoms with Gasteiger partial charge in [0.05, 0.1) is 5.56 Å². The van der Waals surface area contributed by atoms with E-state index in [-0.39, 0.29) is 16.5 Å². The molecular formula is C21H28ClN5O3S. The van der Waals surface area contributed by atoms with Crippen LogP contribution >= 0.6 is 11.6 Å². The van der Waals surface area contributed by atoms with Crippen LogP contribution in [0.3, 0.4) is 0 Å². The Kier molecular flexibility index (Phi) is 6.55. The van der Waals surface area contributed by atoms with E-state index in [1.165, 1.54) is 4.31 Å². The number of halogens is 1. The van der Waals surface area contributed by atoms with E-state index in [2.05, 4.69) is 10.00 Å². The zero-order valence-corrected chi connectivity index (χ0v) is 19.3. The van der Waals surface area contributed by atoms with Crippen molar-refractivity contribution in [3.05, 3.63) is 41.0 Å². The van der Waals surface area contributed by atoms with Crippen LogP contribution in [-0.4, -0.2) is 72.6 Å². The van der Waals surface area contributed by atoms with Gasteiger partial charge >= 0.3 is 0 Å². The highest BCUT2D eigenvalue weighted by Crippen LogP contribution is 2.25. The van der Waals surface area contributed by atoms with Gasteiger partial charge in [-0.05, 0) is 43.5 Å². The quantitative estimate of drug-likeness (QED) is 0.655. The number of piperazine rings is 1. The van der Waals surface area contributed by atoms with Crippen molar-refractivity contribution in [1.82, 2.24) is 19.0 Å². The van der Waals surface area contributed by atoms with Crippen molar-refractivity contribution >= 4 is 33.2 Å². The molecule has 31 heavy (non-hydrogen) atoms. The molecule has 10 heteroatoms. The van der Waals surface area contributed by atoms with Gasteiger partial charge in [0.15, 0.2) is 0 Å². The van der Waals surface area contributed by atoms with Crippen LogP contribution in [0.15, 0.2) is 35.5 Å². The van der Waals surface area contributed by atoms with Gasteiger partial charge in [-0.3, -0.25) is 9.48 Å². The molecular weight excluding hydrogens is 438 g/mol. The highest BCUT2D eigenvalue weighted by Gasteiger charge is 2.36. The fourth-order valence-corrected chi connectivity index (χ4v) is 5.78. The molecule has 1 aromatic heterocycles. The number of amides is 1. The van der Waals surface area contributed by atoms with Crippen LogP contribution < -0.4 is 4.90 Å². The van der Waals surface area contributed by atoms with Crippen LogP contribution in [0.1, 0.15) is 36.5 Å². The minimum absolute atomic E-state index is 0.113. The maximum Gasteiger partial charge on any atom is 0.263 e. The number of carbonyl (C=O) groups excluding carboxylic acids is 1. The average Bonchev–Trinajstić information content (AvgIpc) is 3.45. The molecule has 0 spiro atoms. The standard InChI is InChI=1S/C21H28ClN5O3S/c1-2-9-26-16-19(21(28)25-10-3-4-11-25)20(23-26)31(29,30)27-14-12-24(13-15-27)18-7-5-17(22)6-8-18/h5-8,16H,2-4,9-15H2,1H3. The summed E-state index contributed by atoms with van der Waals surface area (Å²) in [4.78, 5) is 16.9. The van der Waals surface area contributed by atoms with Crippen molar-refractivity contribution < 1.29 is 13.2 Å². The number of nitrogens with zero attached hydrogens (tertiary/aromatic N) is 5. The summed E-state index contributed by atoms with van der Waals surface area (Å²) in [7, 11) is -3.87. The van der Waals surface area contributed by atoms with E-state index >= 15 is 0 Å². The largest absolute Gasteiger partial charge is 0.369 e. The molecule has 2 saturated heterocycles. The topological polar surface area (TPSA) is 78.8 Å². The number of hydrogen-bond acceptors (Lipinski definition) is 5. The van der Waals surface area contributed by atoms with E-state index in [0.717, 1.165) is 24.9 Å². The second-order valence-electron chi connectivity index (χ2n) is 7.98. The number of aromatic nitrogens is 2. The van der Waals surface area contributed by atoms with Crippen molar-refractivity contribution in [3.8, 4) is 0 Å². The Morgan fingerprint density at radius 3 is 2.29 bits per heavy atom. The van der Waals surface area contributed by atoms with Gasteiger partial charge in [0.25, 0.3) is 15.9 Å². The Bertz CT molecular complexity index is 1020. The van der Waals surface area contributed by atoms with E-state index in [9.17, 15) is 13.2 Å². The summed E-state index contributed by atoms with van der Waals surface area (Å²) in [5.74, 6) is -0.238. The first-order valence-corrected chi connectivity index (χ1v) is 12.6. The number of sulfonamides is 1. The van der Waals surface area contributed by atoms with Crippen molar-refractivity contribution in [2.45, 2.75) is 37.8 Å². The molecule has 168 valence electrons. The lowest BCUT2D eigenvalue weighted by molar-refractivity contribution is 0.0788. The summed E-state index contributed by atoms with van der Waals surface area (Å²) in [5, 5.41) is 4.89. The molecule has 8 nitrogen and oxygen atoms in total. The molecule has 2 aromatic rings. The summed E-state index contributed by atoms with van der Waals surface area (Å²) in [6.45, 7) is 5.69. The summed E-state index contributed by atoms with van der Waals surface area (Å²) in [5.41, 5.74) is 1.20. The zero-order chi connectivity index (χ0) is 22.0. The molecule has 1 amide bonds. The number of likely N-dealkylation sites (tertiary alicyclic amines) is 1. The fraction of sp³-hybridized carbons (Fsp3) is 0.524. The third-order valence-corrected chi connectivity index (χ3v) is 7.91. The van der Waals surface area contributed by atoms with E-state index in [1.807, 2.05) is 31.2 Å². The van der Waals surface area contributed by atoms with Gasteiger partial charge in [-0.25, -0.2) is 8.42 Å². The monoisotopic (exact) mass is 465 g/mol. The predicted molar refractivity (Wildman–Crippen MR) is 120 cm³/mol. The molecule has 2 aliphatic heterocycles. The number of carbonyl (C=O) groups is 1. The maximum absolute atomic E-state index is 13.5. The summed E-state index contributed by atoms with van der Waals surface area (Å²) >= 11 is 5.97. The van der Waals surface area contributed by atoms with Crippen LogP contribution in [0.2, 0.25) is 5.02 Å². The fourth-order valence-electron chi connectivity index (χ4n) is 4.14. The van der Waals surface area contributed by atoms with E-state index in [0.29, 0.717) is 50.8 Å². The van der Waals surface area contributed by atoms with E-state index in [4.69, 9.17) is 11.6 Å². The first-order chi connectivity index (χ1) is 14.9. The lowest BCUT2D eigenvalue weighted by Gasteiger charge is -2.35. The van der Waals surface area contributed by atoms with Crippen LogP contribution in [0.4, 0.5) is 5.69 Å². The van der Waals surface area contributed by atoms with Crippen LogP contribution in [-0.2, 0) is 16.6 Å². The first-order valence-electron chi connectivity index (χ1n) is 10.8.